The quantitative estimate of drug-likeness (QED) is 0.667. The van der Waals surface area contributed by atoms with Crippen molar-refractivity contribution >= 4 is 0 Å². The molecule has 0 aromatic heterocycles. The molecule has 0 radical (unpaired) electrons. The Hall–Kier alpha value is -0.590. The Balaban J connectivity index is 3.96. The van der Waals surface area contributed by atoms with Crippen LogP contribution >= 0.6 is 0 Å². The van der Waals surface area contributed by atoms with Crippen LogP contribution in [0.2, 0.25) is 0 Å². The lowest BCUT2D eigenvalue weighted by atomic mass is 10.2. The van der Waals surface area contributed by atoms with Crippen molar-refractivity contribution in [3.8, 4) is 6.07 Å². The maximum Gasteiger partial charge on any atom is 0.0635 e. The van der Waals surface area contributed by atoms with Gasteiger partial charge in [-0.3, -0.25) is 4.90 Å². The molecular weight excluding hydrogens is 150 g/mol. The van der Waals surface area contributed by atoms with Crippen LogP contribution in [-0.2, 0) is 0 Å². The van der Waals surface area contributed by atoms with Gasteiger partial charge in [-0.2, -0.15) is 5.26 Å². The van der Waals surface area contributed by atoms with E-state index in [9.17, 15) is 0 Å². The molecule has 0 amide bonds. The van der Waals surface area contributed by atoms with Crippen molar-refractivity contribution in [1.82, 2.24) is 4.90 Å². The van der Waals surface area contributed by atoms with Crippen molar-refractivity contribution in [2.75, 3.05) is 13.1 Å². The average molecular weight is 169 g/mol. The van der Waals surface area contributed by atoms with Gasteiger partial charge in [0.2, 0.25) is 0 Å². The zero-order valence-electron chi connectivity index (χ0n) is 8.25. The topological polar surface area (TPSA) is 53.0 Å². The van der Waals surface area contributed by atoms with E-state index in [1.807, 2.05) is 0 Å². The summed E-state index contributed by atoms with van der Waals surface area (Å²) in [6, 6.07) is 2.99. The zero-order chi connectivity index (χ0) is 9.56. The summed E-state index contributed by atoms with van der Waals surface area (Å²) >= 11 is 0. The third-order valence-corrected chi connectivity index (χ3v) is 2.05. The smallest absolute Gasteiger partial charge is 0.0635 e. The molecule has 1 atom stereocenters. The first-order chi connectivity index (χ1) is 5.63. The summed E-state index contributed by atoms with van der Waals surface area (Å²) in [5.41, 5.74) is 5.56. The Morgan fingerprint density at radius 1 is 1.42 bits per heavy atom. The third-order valence-electron chi connectivity index (χ3n) is 2.05. The van der Waals surface area contributed by atoms with Gasteiger partial charge in [0.15, 0.2) is 0 Å². The summed E-state index contributed by atoms with van der Waals surface area (Å²) in [7, 11) is 0. The van der Waals surface area contributed by atoms with Crippen LogP contribution in [-0.4, -0.2) is 30.1 Å². The van der Waals surface area contributed by atoms with E-state index in [-0.39, 0.29) is 0 Å². The molecule has 12 heavy (non-hydrogen) atoms. The lowest BCUT2D eigenvalue weighted by Gasteiger charge is -2.31. The normalized spacial score (nSPS) is 13.4. The summed E-state index contributed by atoms with van der Waals surface area (Å²) < 4.78 is 0. The number of rotatable bonds is 5. The average Bonchev–Trinajstić information content (AvgIpc) is 2.04. The Kier molecular flexibility index (Phi) is 5.69. The molecule has 0 aliphatic carbocycles. The maximum atomic E-state index is 8.44. The highest BCUT2D eigenvalue weighted by atomic mass is 15.2. The van der Waals surface area contributed by atoms with E-state index >= 15 is 0 Å². The van der Waals surface area contributed by atoms with Crippen LogP contribution in [0.1, 0.15) is 27.2 Å². The molecule has 0 heterocycles. The molecule has 0 aliphatic rings. The molecule has 1 unspecified atom stereocenters. The molecule has 0 fully saturated rings. The molecule has 3 heteroatoms. The van der Waals surface area contributed by atoms with E-state index in [1.165, 1.54) is 0 Å². The zero-order valence-corrected chi connectivity index (χ0v) is 8.25. The van der Waals surface area contributed by atoms with Gasteiger partial charge in [-0.15, -0.1) is 0 Å². The molecule has 0 aromatic rings. The van der Waals surface area contributed by atoms with Crippen molar-refractivity contribution in [2.45, 2.75) is 39.3 Å². The molecule has 0 spiro atoms. The van der Waals surface area contributed by atoms with Crippen molar-refractivity contribution in [3.63, 3.8) is 0 Å². The fraction of sp³-hybridized carbons (Fsp3) is 0.889. The van der Waals surface area contributed by atoms with Crippen LogP contribution < -0.4 is 5.73 Å². The van der Waals surface area contributed by atoms with E-state index < -0.39 is 0 Å². The molecule has 0 aromatic carbocycles. The van der Waals surface area contributed by atoms with Gasteiger partial charge in [-0.05, 0) is 20.8 Å². The molecule has 0 bridgehead atoms. The van der Waals surface area contributed by atoms with Crippen LogP contribution in [0.25, 0.3) is 0 Å². The minimum atomic E-state index is 0.373. The Labute approximate surface area is 75.2 Å². The Morgan fingerprint density at radius 3 is 2.33 bits per heavy atom. The molecule has 70 valence electrons. The van der Waals surface area contributed by atoms with Gasteiger partial charge in [0, 0.05) is 31.6 Å². The van der Waals surface area contributed by atoms with Gasteiger partial charge < -0.3 is 5.73 Å². The van der Waals surface area contributed by atoms with E-state index in [4.69, 9.17) is 11.0 Å². The summed E-state index contributed by atoms with van der Waals surface area (Å²) in [6.07, 6.45) is 0.586. The van der Waals surface area contributed by atoms with Crippen molar-refractivity contribution < 1.29 is 0 Å². The third kappa shape index (κ3) is 3.70. The number of nitrogens with two attached hydrogens (primary N) is 1. The van der Waals surface area contributed by atoms with Crippen LogP contribution in [0.15, 0.2) is 0 Å². The minimum Gasteiger partial charge on any atom is -0.329 e. The first kappa shape index (κ1) is 11.4. The van der Waals surface area contributed by atoms with Gasteiger partial charge in [0.25, 0.3) is 0 Å². The predicted octanol–water partition coefficient (Wildman–Crippen LogP) is 0.958. The van der Waals surface area contributed by atoms with Crippen molar-refractivity contribution in [1.29, 1.82) is 5.26 Å². The van der Waals surface area contributed by atoms with Gasteiger partial charge in [-0.25, -0.2) is 0 Å². The summed E-state index contributed by atoms with van der Waals surface area (Å²) in [6.45, 7) is 7.83. The number of hydrogen-bond donors (Lipinski definition) is 1. The van der Waals surface area contributed by atoms with E-state index in [0.717, 1.165) is 6.54 Å². The Morgan fingerprint density at radius 2 is 2.00 bits per heavy atom. The monoisotopic (exact) mass is 169 g/mol. The summed E-state index contributed by atoms with van der Waals surface area (Å²) in [5.74, 6) is 0. The van der Waals surface area contributed by atoms with E-state index in [2.05, 4.69) is 31.7 Å². The second-order valence-electron chi connectivity index (χ2n) is 3.32. The molecular formula is C9H19N3. The second-order valence-corrected chi connectivity index (χ2v) is 3.32. The molecule has 0 aliphatic heterocycles. The first-order valence-electron chi connectivity index (χ1n) is 4.46. The highest BCUT2D eigenvalue weighted by Gasteiger charge is 2.14. The first-order valence-corrected chi connectivity index (χ1v) is 4.46. The van der Waals surface area contributed by atoms with Crippen LogP contribution in [0, 0.1) is 11.3 Å². The highest BCUT2D eigenvalue weighted by molar-refractivity contribution is 4.77. The van der Waals surface area contributed by atoms with Crippen molar-refractivity contribution in [2.24, 2.45) is 5.73 Å². The fourth-order valence-electron chi connectivity index (χ4n) is 1.30. The lowest BCUT2D eigenvalue weighted by molar-refractivity contribution is 0.172. The summed E-state index contributed by atoms with van der Waals surface area (Å²) in [5, 5.41) is 8.44. The molecule has 0 rings (SSSR count). The Bertz CT molecular complexity index is 148. The number of nitriles is 1. The molecule has 2 N–H and O–H groups in total. The second kappa shape index (κ2) is 5.99. The largest absolute Gasteiger partial charge is 0.329 e. The van der Waals surface area contributed by atoms with Crippen LogP contribution in [0.4, 0.5) is 0 Å². The standard InChI is InChI=1S/C9H19N3/c1-8(2)12(6-4-5-10)9(3)7-11/h8-9H,4,6-7,11H2,1-3H3. The lowest BCUT2D eigenvalue weighted by Crippen LogP contribution is -2.43. The van der Waals surface area contributed by atoms with Crippen molar-refractivity contribution in [3.05, 3.63) is 0 Å². The van der Waals surface area contributed by atoms with Gasteiger partial charge >= 0.3 is 0 Å². The predicted molar refractivity (Wildman–Crippen MR) is 50.6 cm³/mol. The van der Waals surface area contributed by atoms with E-state index in [1.54, 1.807) is 0 Å². The fourth-order valence-corrected chi connectivity index (χ4v) is 1.30. The molecule has 3 nitrogen and oxygen atoms in total. The van der Waals surface area contributed by atoms with Gasteiger partial charge in [0.05, 0.1) is 6.07 Å². The number of hydrogen-bond acceptors (Lipinski definition) is 3. The highest BCUT2D eigenvalue weighted by Crippen LogP contribution is 2.04. The SMILES string of the molecule is CC(C)N(CCC#N)C(C)CN. The van der Waals surface area contributed by atoms with Crippen LogP contribution in [0.3, 0.4) is 0 Å². The minimum absolute atomic E-state index is 0.373. The number of nitrogens with zero attached hydrogens (tertiary/aromatic N) is 2. The molecule has 0 saturated heterocycles. The molecule has 0 saturated carbocycles. The maximum absolute atomic E-state index is 8.44. The summed E-state index contributed by atoms with van der Waals surface area (Å²) in [4.78, 5) is 2.25. The van der Waals surface area contributed by atoms with Gasteiger partial charge in [0.1, 0.15) is 0 Å². The van der Waals surface area contributed by atoms with Crippen LogP contribution in [0.5, 0.6) is 0 Å². The van der Waals surface area contributed by atoms with Gasteiger partial charge in [-0.1, -0.05) is 0 Å². The van der Waals surface area contributed by atoms with E-state index in [0.29, 0.717) is 25.0 Å².